The van der Waals surface area contributed by atoms with E-state index in [-0.39, 0.29) is 11.9 Å². The molecule has 0 aromatic rings. The van der Waals surface area contributed by atoms with Gasteiger partial charge in [-0.15, -0.1) is 0 Å². The molecule has 1 heterocycles. The second kappa shape index (κ2) is 36.7. The zero-order chi connectivity index (χ0) is 41.9. The Morgan fingerprint density at radius 3 is 1.47 bits per heavy atom. The largest absolute Gasteiger partial charge is 0.466 e. The van der Waals surface area contributed by atoms with E-state index in [0.29, 0.717) is 61.7 Å². The van der Waals surface area contributed by atoms with Crippen LogP contribution in [0.2, 0.25) is 0 Å². The van der Waals surface area contributed by atoms with Crippen molar-refractivity contribution in [2.24, 2.45) is 35.5 Å². The van der Waals surface area contributed by atoms with Gasteiger partial charge in [0.15, 0.2) is 0 Å². The van der Waals surface area contributed by atoms with Gasteiger partial charge in [0, 0.05) is 32.5 Å². The Morgan fingerprint density at radius 1 is 0.491 bits per heavy atom. The number of nitrogens with zero attached hydrogens (tertiary/aromatic N) is 1. The number of carbonyl (C=O) groups is 2. The van der Waals surface area contributed by atoms with E-state index in [1.165, 1.54) is 103 Å². The Labute approximate surface area is 354 Å². The lowest BCUT2D eigenvalue weighted by Gasteiger charge is -2.26. The van der Waals surface area contributed by atoms with Crippen molar-refractivity contribution in [1.29, 1.82) is 0 Å². The van der Waals surface area contributed by atoms with Gasteiger partial charge in [0.2, 0.25) is 0 Å². The molecule has 338 valence electrons. The fourth-order valence-electron chi connectivity index (χ4n) is 8.06. The quantitative estimate of drug-likeness (QED) is 0.0452. The second-order valence-corrected chi connectivity index (χ2v) is 19.3. The Hall–Kier alpha value is -1.18. The predicted octanol–water partition coefficient (Wildman–Crippen LogP) is 13.4. The monoisotopic (exact) mass is 808 g/mol. The van der Waals surface area contributed by atoms with Crippen molar-refractivity contribution in [1.82, 2.24) is 4.90 Å². The van der Waals surface area contributed by atoms with Gasteiger partial charge in [-0.25, -0.2) is 0 Å². The first-order valence-corrected chi connectivity index (χ1v) is 24.7. The molecule has 7 heteroatoms. The summed E-state index contributed by atoms with van der Waals surface area (Å²) in [4.78, 5) is 27.2. The number of rotatable bonds is 39. The number of morpholine rings is 1. The highest BCUT2D eigenvalue weighted by Gasteiger charge is 2.18. The van der Waals surface area contributed by atoms with Gasteiger partial charge >= 0.3 is 11.9 Å². The maximum Gasteiger partial charge on any atom is 0.305 e. The maximum atomic E-state index is 12.3. The highest BCUT2D eigenvalue weighted by atomic mass is 16.5. The smallest absolute Gasteiger partial charge is 0.305 e. The normalized spacial score (nSPS) is 15.5. The standard InChI is InChI=1S/C50H97NO6/c1-42(2)29-31-46(44(5)6)33-38-56-49(52)27-21-17-13-9-11-15-19-25-48(55-37-24-23-34-51-35-39-54-40-36-51)26-20-16-12-10-14-18-22-28-50(53)57-41-47(45(7)8)32-30-43(3)4/h42-48H,9-41H2,1-8H3. The van der Waals surface area contributed by atoms with E-state index in [9.17, 15) is 9.59 Å². The van der Waals surface area contributed by atoms with E-state index >= 15 is 0 Å². The molecule has 0 aliphatic carbocycles. The van der Waals surface area contributed by atoms with Crippen LogP contribution in [0.15, 0.2) is 0 Å². The van der Waals surface area contributed by atoms with Crippen LogP contribution in [0, 0.1) is 35.5 Å². The minimum absolute atomic E-state index is 0.00886. The molecule has 0 spiro atoms. The van der Waals surface area contributed by atoms with Gasteiger partial charge in [-0.05, 0) is 99.8 Å². The van der Waals surface area contributed by atoms with Crippen LogP contribution in [-0.4, -0.2) is 75.6 Å². The first kappa shape index (κ1) is 53.8. The summed E-state index contributed by atoms with van der Waals surface area (Å²) in [6.07, 6.45) is 28.7. The SMILES string of the molecule is CC(C)CCC(CCOC(=O)CCCCCCCCCC(CCCCCCCCCC(=O)OCC(CCC(C)C)C(C)C)OCCCCN1CCOCC1)C(C)C. The highest BCUT2D eigenvalue weighted by Crippen LogP contribution is 2.24. The number of hydrogen-bond acceptors (Lipinski definition) is 7. The summed E-state index contributed by atoms with van der Waals surface area (Å²) in [6.45, 7) is 25.3. The van der Waals surface area contributed by atoms with Gasteiger partial charge in [-0.2, -0.15) is 0 Å². The molecule has 0 saturated carbocycles. The molecule has 0 radical (unpaired) electrons. The molecular weight excluding hydrogens is 711 g/mol. The fourth-order valence-corrected chi connectivity index (χ4v) is 8.06. The molecule has 0 amide bonds. The van der Waals surface area contributed by atoms with Crippen LogP contribution in [0.5, 0.6) is 0 Å². The predicted molar refractivity (Wildman–Crippen MR) is 241 cm³/mol. The average molecular weight is 808 g/mol. The lowest BCUT2D eigenvalue weighted by molar-refractivity contribution is -0.146. The third-order valence-electron chi connectivity index (χ3n) is 12.5. The summed E-state index contributed by atoms with van der Waals surface area (Å²) < 4.78 is 23.3. The van der Waals surface area contributed by atoms with Crippen molar-refractivity contribution >= 4 is 11.9 Å². The van der Waals surface area contributed by atoms with Crippen molar-refractivity contribution in [2.75, 3.05) is 52.7 Å². The van der Waals surface area contributed by atoms with E-state index in [0.717, 1.165) is 90.3 Å². The van der Waals surface area contributed by atoms with E-state index in [4.69, 9.17) is 18.9 Å². The van der Waals surface area contributed by atoms with Crippen LogP contribution in [0.25, 0.3) is 0 Å². The van der Waals surface area contributed by atoms with E-state index < -0.39 is 0 Å². The van der Waals surface area contributed by atoms with Crippen molar-refractivity contribution in [3.05, 3.63) is 0 Å². The zero-order valence-corrected chi connectivity index (χ0v) is 39.3. The Bertz CT molecular complexity index is 916. The molecule has 1 fully saturated rings. The zero-order valence-electron chi connectivity index (χ0n) is 39.3. The van der Waals surface area contributed by atoms with E-state index in [2.05, 4.69) is 60.3 Å². The minimum atomic E-state index is -0.00968. The Balaban J connectivity index is 2.20. The molecule has 7 nitrogen and oxygen atoms in total. The number of unbranched alkanes of at least 4 members (excludes halogenated alkanes) is 13. The first-order valence-electron chi connectivity index (χ1n) is 24.7. The van der Waals surface area contributed by atoms with Gasteiger partial charge in [0.25, 0.3) is 0 Å². The van der Waals surface area contributed by atoms with Crippen LogP contribution in [0.3, 0.4) is 0 Å². The molecule has 3 atom stereocenters. The van der Waals surface area contributed by atoms with Crippen LogP contribution in [0.1, 0.15) is 216 Å². The first-order chi connectivity index (χ1) is 27.5. The van der Waals surface area contributed by atoms with E-state index in [1.807, 2.05) is 0 Å². The molecule has 0 aromatic carbocycles. The van der Waals surface area contributed by atoms with Gasteiger partial charge in [0.05, 0.1) is 32.5 Å². The summed E-state index contributed by atoms with van der Waals surface area (Å²) in [5, 5.41) is 0. The molecule has 0 N–H and O–H groups in total. The fraction of sp³-hybridized carbons (Fsp3) is 0.960. The third kappa shape index (κ3) is 33.3. The average Bonchev–Trinajstić information content (AvgIpc) is 3.17. The number of esters is 2. The molecule has 0 aromatic heterocycles. The molecule has 3 unspecified atom stereocenters. The minimum Gasteiger partial charge on any atom is -0.466 e. The van der Waals surface area contributed by atoms with Gasteiger partial charge < -0.3 is 18.9 Å². The van der Waals surface area contributed by atoms with Gasteiger partial charge in [-0.3, -0.25) is 14.5 Å². The van der Waals surface area contributed by atoms with E-state index in [1.54, 1.807) is 0 Å². The molecule has 57 heavy (non-hydrogen) atoms. The Kier molecular flexibility index (Phi) is 34.6. The molecular formula is C50H97NO6. The summed E-state index contributed by atoms with van der Waals surface area (Å²) >= 11 is 0. The molecule has 0 bridgehead atoms. The third-order valence-corrected chi connectivity index (χ3v) is 12.5. The van der Waals surface area contributed by atoms with Crippen molar-refractivity contribution < 1.29 is 28.5 Å². The number of hydrogen-bond donors (Lipinski definition) is 0. The van der Waals surface area contributed by atoms with Crippen LogP contribution < -0.4 is 0 Å². The maximum absolute atomic E-state index is 12.3. The van der Waals surface area contributed by atoms with Crippen molar-refractivity contribution in [3.8, 4) is 0 Å². The van der Waals surface area contributed by atoms with Gasteiger partial charge in [-0.1, -0.05) is 145 Å². The number of carbonyl (C=O) groups excluding carboxylic acids is 2. The van der Waals surface area contributed by atoms with Gasteiger partial charge in [0.1, 0.15) is 0 Å². The second-order valence-electron chi connectivity index (χ2n) is 19.3. The molecule has 1 aliphatic rings. The lowest BCUT2D eigenvalue weighted by Crippen LogP contribution is -2.36. The van der Waals surface area contributed by atoms with Crippen LogP contribution in [-0.2, 0) is 28.5 Å². The summed E-state index contributed by atoms with van der Waals surface area (Å²) in [6, 6.07) is 0. The molecule has 1 rings (SSSR count). The summed E-state index contributed by atoms with van der Waals surface area (Å²) in [5.41, 5.74) is 0. The molecule has 1 aliphatic heterocycles. The van der Waals surface area contributed by atoms with Crippen LogP contribution >= 0.6 is 0 Å². The summed E-state index contributed by atoms with van der Waals surface area (Å²) in [7, 11) is 0. The van der Waals surface area contributed by atoms with Crippen molar-refractivity contribution in [3.63, 3.8) is 0 Å². The summed E-state index contributed by atoms with van der Waals surface area (Å²) in [5.74, 6) is 3.74. The van der Waals surface area contributed by atoms with Crippen molar-refractivity contribution in [2.45, 2.75) is 222 Å². The molecule has 1 saturated heterocycles. The highest BCUT2D eigenvalue weighted by molar-refractivity contribution is 5.69. The Morgan fingerprint density at radius 2 is 0.965 bits per heavy atom. The topological polar surface area (TPSA) is 74.3 Å². The van der Waals surface area contributed by atoms with Crippen LogP contribution in [0.4, 0.5) is 0 Å². The lowest BCUT2D eigenvalue weighted by atomic mass is 9.86. The number of ether oxygens (including phenoxy) is 4.